The van der Waals surface area contributed by atoms with Crippen LogP contribution in [-0.4, -0.2) is 10.0 Å². The van der Waals surface area contributed by atoms with Crippen molar-refractivity contribution in [2.75, 3.05) is 5.32 Å². The molecule has 0 amide bonds. The van der Waals surface area contributed by atoms with Gasteiger partial charge in [-0.3, -0.25) is 10.1 Å². The predicted molar refractivity (Wildman–Crippen MR) is 62.2 cm³/mol. The summed E-state index contributed by atoms with van der Waals surface area (Å²) in [7, 11) is 0. The number of phenolic OH excluding ortho intramolecular Hbond substituents is 1. The number of rotatable bonds is 3. The van der Waals surface area contributed by atoms with Crippen LogP contribution < -0.4 is 5.32 Å². The molecular formula is C11H5N5O3. The molecule has 0 spiro atoms. The maximum absolute atomic E-state index is 10.6. The van der Waals surface area contributed by atoms with Gasteiger partial charge < -0.3 is 10.4 Å². The van der Waals surface area contributed by atoms with Gasteiger partial charge in [0.25, 0.3) is 5.69 Å². The third-order valence-corrected chi connectivity index (χ3v) is 1.97. The smallest absolute Gasteiger partial charge is 0.275 e. The summed E-state index contributed by atoms with van der Waals surface area (Å²) in [4.78, 5) is 9.87. The number of hydrogen-bond donors (Lipinski definition) is 2. The van der Waals surface area contributed by atoms with Gasteiger partial charge in [0, 0.05) is 17.8 Å². The second-order valence-electron chi connectivity index (χ2n) is 3.21. The fraction of sp³-hybridized carbons (Fsp3) is 0. The minimum Gasteiger partial charge on any atom is -0.508 e. The molecule has 0 bridgehead atoms. The summed E-state index contributed by atoms with van der Waals surface area (Å²) in [6.07, 6.45) is 0. The monoisotopic (exact) mass is 255 g/mol. The van der Waals surface area contributed by atoms with Gasteiger partial charge in [-0.05, 0) is 0 Å². The van der Waals surface area contributed by atoms with E-state index in [4.69, 9.17) is 15.8 Å². The molecule has 0 saturated carbocycles. The molecule has 0 aliphatic carbocycles. The topological polar surface area (TPSA) is 147 Å². The van der Waals surface area contributed by atoms with Crippen molar-refractivity contribution < 1.29 is 10.0 Å². The van der Waals surface area contributed by atoms with Crippen LogP contribution in [0.2, 0.25) is 0 Å². The highest BCUT2D eigenvalue weighted by atomic mass is 16.6. The lowest BCUT2D eigenvalue weighted by Crippen LogP contribution is -2.01. The molecule has 1 aromatic rings. The van der Waals surface area contributed by atoms with Gasteiger partial charge in [-0.25, -0.2) is 0 Å². The van der Waals surface area contributed by atoms with E-state index < -0.39 is 16.2 Å². The van der Waals surface area contributed by atoms with Crippen molar-refractivity contribution in [1.82, 2.24) is 0 Å². The molecule has 1 rings (SSSR count). The number of phenols is 1. The van der Waals surface area contributed by atoms with Crippen molar-refractivity contribution in [1.29, 1.82) is 15.8 Å². The van der Waals surface area contributed by atoms with E-state index in [-0.39, 0.29) is 17.1 Å². The third-order valence-electron chi connectivity index (χ3n) is 1.97. The number of nitrogens with zero attached hydrogens (tertiary/aromatic N) is 4. The number of non-ortho nitro benzene ring substituents is 1. The zero-order valence-corrected chi connectivity index (χ0v) is 9.28. The maximum atomic E-state index is 10.6. The number of anilines is 1. The highest BCUT2D eigenvalue weighted by Gasteiger charge is 2.12. The molecule has 8 heteroatoms. The summed E-state index contributed by atoms with van der Waals surface area (Å²) in [6, 6.07) is 7.72. The van der Waals surface area contributed by atoms with Crippen molar-refractivity contribution >= 4 is 11.4 Å². The number of benzene rings is 1. The molecular weight excluding hydrogens is 250 g/mol. The minimum atomic E-state index is -0.726. The van der Waals surface area contributed by atoms with E-state index in [1.807, 2.05) is 0 Å². The summed E-state index contributed by atoms with van der Waals surface area (Å²) < 4.78 is 0. The van der Waals surface area contributed by atoms with E-state index in [1.54, 1.807) is 6.07 Å². The highest BCUT2D eigenvalue weighted by Crippen LogP contribution is 2.26. The van der Waals surface area contributed by atoms with E-state index in [2.05, 4.69) is 5.32 Å². The predicted octanol–water partition coefficient (Wildman–Crippen LogP) is 1.54. The summed E-state index contributed by atoms with van der Waals surface area (Å²) in [5.74, 6) is -0.385. The molecule has 0 saturated heterocycles. The van der Waals surface area contributed by atoms with Gasteiger partial charge in [-0.2, -0.15) is 15.8 Å². The van der Waals surface area contributed by atoms with Crippen LogP contribution in [0.4, 0.5) is 11.4 Å². The first-order chi connectivity index (χ1) is 9.01. The number of allylic oxidation sites excluding steroid dienone is 2. The molecule has 0 aliphatic heterocycles. The summed E-state index contributed by atoms with van der Waals surface area (Å²) in [5, 5.41) is 48.3. The van der Waals surface area contributed by atoms with Gasteiger partial charge in [0.05, 0.1) is 11.0 Å². The SMILES string of the molecule is N#CC(C#N)=C(C#N)Nc1cc(O)cc([N+](=O)[O-])c1. The van der Waals surface area contributed by atoms with Crippen LogP contribution in [0.15, 0.2) is 29.5 Å². The van der Waals surface area contributed by atoms with Gasteiger partial charge in [0.1, 0.15) is 29.7 Å². The molecule has 8 nitrogen and oxygen atoms in total. The Labute approximate surface area is 107 Å². The lowest BCUT2D eigenvalue weighted by molar-refractivity contribution is -0.384. The highest BCUT2D eigenvalue weighted by molar-refractivity contribution is 5.63. The first-order valence-electron chi connectivity index (χ1n) is 4.72. The summed E-state index contributed by atoms with van der Waals surface area (Å²) in [5.41, 5.74) is -1.19. The first-order valence-corrected chi connectivity index (χ1v) is 4.72. The van der Waals surface area contributed by atoms with Crippen molar-refractivity contribution in [2.24, 2.45) is 0 Å². The maximum Gasteiger partial charge on any atom is 0.275 e. The second kappa shape index (κ2) is 5.67. The van der Waals surface area contributed by atoms with E-state index in [0.717, 1.165) is 18.2 Å². The van der Waals surface area contributed by atoms with Crippen LogP contribution in [0.3, 0.4) is 0 Å². The Hall–Kier alpha value is -3.57. The standard InChI is InChI=1S/C11H5N5O3/c12-4-7(5-13)11(6-14)15-8-1-9(16(18)19)3-10(17)2-8/h1-3,15,17H. The molecule has 0 fully saturated rings. The van der Waals surface area contributed by atoms with E-state index in [9.17, 15) is 15.2 Å². The fourth-order valence-corrected chi connectivity index (χ4v) is 1.20. The number of nitro benzene ring substituents is 1. The molecule has 1 aromatic carbocycles. The molecule has 0 atom stereocenters. The average Bonchev–Trinajstić information content (AvgIpc) is 2.38. The summed E-state index contributed by atoms with van der Waals surface area (Å²) in [6.45, 7) is 0. The molecule has 19 heavy (non-hydrogen) atoms. The molecule has 0 radical (unpaired) electrons. The molecule has 0 aliphatic rings. The molecule has 92 valence electrons. The Morgan fingerprint density at radius 1 is 1.21 bits per heavy atom. The molecule has 0 heterocycles. The van der Waals surface area contributed by atoms with Crippen molar-refractivity contribution in [3.63, 3.8) is 0 Å². The Morgan fingerprint density at radius 3 is 2.32 bits per heavy atom. The van der Waals surface area contributed by atoms with Crippen molar-refractivity contribution in [2.45, 2.75) is 0 Å². The Morgan fingerprint density at radius 2 is 1.84 bits per heavy atom. The lowest BCUT2D eigenvalue weighted by atomic mass is 10.2. The van der Waals surface area contributed by atoms with Crippen molar-refractivity contribution in [3.8, 4) is 24.0 Å². The zero-order valence-electron chi connectivity index (χ0n) is 9.28. The van der Waals surface area contributed by atoms with Gasteiger partial charge in [0.15, 0.2) is 5.57 Å². The Bertz CT molecular complexity index is 672. The lowest BCUT2D eigenvalue weighted by Gasteiger charge is -2.05. The van der Waals surface area contributed by atoms with Crippen LogP contribution in [-0.2, 0) is 0 Å². The van der Waals surface area contributed by atoms with Crippen LogP contribution in [0.1, 0.15) is 0 Å². The number of nitro groups is 1. The van der Waals surface area contributed by atoms with Crippen molar-refractivity contribution in [3.05, 3.63) is 39.6 Å². The molecule has 0 unspecified atom stereocenters. The molecule has 2 N–H and O–H groups in total. The normalized spacial score (nSPS) is 8.47. The Balaban J connectivity index is 3.25. The van der Waals surface area contributed by atoms with Gasteiger partial charge in [0.2, 0.25) is 0 Å². The quantitative estimate of drug-likeness (QED) is 0.472. The van der Waals surface area contributed by atoms with Crippen LogP contribution in [0, 0.1) is 44.1 Å². The zero-order chi connectivity index (χ0) is 14.4. The average molecular weight is 255 g/mol. The number of hydrogen-bond acceptors (Lipinski definition) is 7. The largest absolute Gasteiger partial charge is 0.508 e. The number of nitrogens with one attached hydrogen (secondary N) is 1. The van der Waals surface area contributed by atoms with Crippen LogP contribution >= 0.6 is 0 Å². The Kier molecular flexibility index (Phi) is 4.03. The number of aromatic hydroxyl groups is 1. The van der Waals surface area contributed by atoms with E-state index in [1.165, 1.54) is 12.1 Å². The van der Waals surface area contributed by atoms with E-state index >= 15 is 0 Å². The molecule has 0 aromatic heterocycles. The van der Waals surface area contributed by atoms with E-state index in [0.29, 0.717) is 0 Å². The minimum absolute atomic E-state index is 0.0197. The van der Waals surface area contributed by atoms with Crippen LogP contribution in [0.25, 0.3) is 0 Å². The fourth-order valence-electron chi connectivity index (χ4n) is 1.20. The number of nitriles is 3. The van der Waals surface area contributed by atoms with Gasteiger partial charge >= 0.3 is 0 Å². The van der Waals surface area contributed by atoms with Gasteiger partial charge in [-0.1, -0.05) is 0 Å². The first kappa shape index (κ1) is 13.5. The van der Waals surface area contributed by atoms with Crippen LogP contribution in [0.5, 0.6) is 5.75 Å². The van der Waals surface area contributed by atoms with Gasteiger partial charge in [-0.15, -0.1) is 0 Å². The summed E-state index contributed by atoms with van der Waals surface area (Å²) >= 11 is 0. The third kappa shape index (κ3) is 3.19. The second-order valence-corrected chi connectivity index (χ2v) is 3.21.